The monoisotopic (exact) mass is 1290 g/mol. The number of nitrogens with two attached hydrogens (primary N) is 1. The van der Waals surface area contributed by atoms with Crippen LogP contribution in [0, 0.1) is 5.95 Å². The number of piperidine rings is 3. The van der Waals surface area contributed by atoms with E-state index in [9.17, 15) is 18.8 Å². The van der Waals surface area contributed by atoms with Gasteiger partial charge in [0.25, 0.3) is 0 Å². The number of carbonyl (C=O) groups is 3. The normalized spacial score (nSPS) is 17.2. The molecule has 92 heavy (non-hydrogen) atoms. The molecule has 4 aliphatic rings. The number of aromatic nitrogens is 11. The largest absolute Gasteiger partial charge is 0.365 e. The summed E-state index contributed by atoms with van der Waals surface area (Å²) in [6, 6.07) is 17.9. The van der Waals surface area contributed by atoms with Crippen LogP contribution in [0.2, 0.25) is 51.4 Å². The quantitative estimate of drug-likeness (QED) is 0.0435. The van der Waals surface area contributed by atoms with Gasteiger partial charge in [0.1, 0.15) is 36.1 Å². The number of carbonyl (C=O) groups excluding carboxylic acids is 3. The maximum absolute atomic E-state index is 13.9. The lowest BCUT2D eigenvalue weighted by molar-refractivity contribution is -0.130. The van der Waals surface area contributed by atoms with Crippen LogP contribution in [0.3, 0.4) is 0 Å². The van der Waals surface area contributed by atoms with Gasteiger partial charge in [0.05, 0.1) is 52.6 Å². The van der Waals surface area contributed by atoms with Gasteiger partial charge in [-0.25, -0.2) is 29.9 Å². The second-order valence-corrected chi connectivity index (χ2v) is 37.5. The second-order valence-electron chi connectivity index (χ2n) is 26.3. The third-order valence-electron chi connectivity index (χ3n) is 16.4. The number of hydrogen-bond acceptors (Lipinski definition) is 17. The molecule has 12 rings (SSSR count). The Hall–Kier alpha value is -8.24. The Labute approximate surface area is 541 Å². The zero-order valence-corrected chi connectivity index (χ0v) is 56.8. The van der Waals surface area contributed by atoms with Crippen molar-refractivity contribution in [3.8, 4) is 33.8 Å². The van der Waals surface area contributed by atoms with E-state index in [0.717, 1.165) is 159 Å². The SMILES string of the molecule is CC(=O)N1CCC[C@H](N)C1.CC(=O)N1CCC[C@H](Nc2ncccc2-c2cnc3c(n2)CC=C3)C1.CC(=O)N1CCC[C@H](Nc2ncccc2-c2cnc3ccn(COCC[Si](C)(C)C)c3n2)C1.C[Si](C)(C)CCOCn1ccc2ncc(-c3cccnc3F)nc21. The number of nitrogens with one attached hydrogen (secondary N) is 2. The molecule has 0 spiro atoms. The number of likely N-dealkylation sites (tertiary alicyclic amines) is 3. The van der Waals surface area contributed by atoms with Crippen molar-refractivity contribution < 1.29 is 28.2 Å². The van der Waals surface area contributed by atoms with Gasteiger partial charge in [-0.3, -0.25) is 29.3 Å². The molecule has 1 aliphatic carbocycles. The summed E-state index contributed by atoms with van der Waals surface area (Å²) in [5, 5.41) is 7.06. The van der Waals surface area contributed by atoms with E-state index in [0.29, 0.717) is 43.5 Å². The van der Waals surface area contributed by atoms with Crippen molar-refractivity contribution in [2.75, 3.05) is 63.1 Å². The van der Waals surface area contributed by atoms with Gasteiger partial charge >= 0.3 is 0 Å². The van der Waals surface area contributed by atoms with Crippen LogP contribution >= 0.6 is 0 Å². The number of pyridine rings is 3. The number of anilines is 2. The maximum atomic E-state index is 13.9. The standard InChI is InChI=1S/C24H34N6O2Si.C19H21N5O.C17H21FN4OSi.C7H14N2O/c1-18(31)29-11-6-7-19(16-29)27-23-20(8-5-10-25-23)22-15-26-21-9-12-30(24(21)28-22)17-32-13-14-33(2,3)4;1-13(25)24-10-4-5-14(12-24)22-19-15(6-3-9-20-19)18-11-21-16-7-2-8-17(16)23-18;1-24(2,3)10-9-23-12-22-8-6-14-17(22)21-15(11-20-14)13-5-4-7-19-16(13)18;1-6(10)9-4-2-3-7(8)5-9/h5,8-10,12,15,19H,6-7,11,13-14,16-17H2,1-4H3,(H,25,27);2-3,6-7,9,11,14H,4-5,8,10,12H2,1H3,(H,20,22);4-8,11H,9-10,12H2,1-3H3;7H,2-5,8H2,1H3/t19-;14-;;7-/m00.0/s1. The van der Waals surface area contributed by atoms with Crippen LogP contribution < -0.4 is 16.4 Å². The number of fused-ring (bicyclic) bond motifs is 3. The van der Waals surface area contributed by atoms with Crippen molar-refractivity contribution in [1.82, 2.24) is 68.7 Å². The van der Waals surface area contributed by atoms with Gasteiger partial charge in [-0.1, -0.05) is 45.4 Å². The van der Waals surface area contributed by atoms with Gasteiger partial charge in [0.15, 0.2) is 11.3 Å². The van der Waals surface area contributed by atoms with Crippen LogP contribution in [0.5, 0.6) is 0 Å². The minimum atomic E-state index is -1.12. The summed E-state index contributed by atoms with van der Waals surface area (Å²) in [7, 11) is -2.22. The van der Waals surface area contributed by atoms with Crippen molar-refractivity contribution in [3.05, 3.63) is 122 Å². The van der Waals surface area contributed by atoms with Crippen molar-refractivity contribution in [2.24, 2.45) is 5.73 Å². The van der Waals surface area contributed by atoms with E-state index in [2.05, 4.69) is 90.9 Å². The molecule has 3 amide bonds. The molecule has 25 heteroatoms. The molecule has 3 atom stereocenters. The van der Waals surface area contributed by atoms with Crippen LogP contribution in [-0.4, -0.2) is 173 Å². The Bertz CT molecular complexity index is 3810. The Morgan fingerprint density at radius 2 is 1.02 bits per heavy atom. The summed E-state index contributed by atoms with van der Waals surface area (Å²) in [4.78, 5) is 80.3. The van der Waals surface area contributed by atoms with Crippen molar-refractivity contribution >= 4 is 73.9 Å². The predicted molar refractivity (Wildman–Crippen MR) is 365 cm³/mol. The number of hydrogen-bond donors (Lipinski definition) is 3. The van der Waals surface area contributed by atoms with E-state index in [4.69, 9.17) is 25.2 Å². The summed E-state index contributed by atoms with van der Waals surface area (Å²) in [5.74, 6) is 1.42. The van der Waals surface area contributed by atoms with Crippen LogP contribution in [0.15, 0.2) is 104 Å². The zero-order chi connectivity index (χ0) is 65.4. The average molecular weight is 1290 g/mol. The van der Waals surface area contributed by atoms with E-state index in [-0.39, 0.29) is 35.8 Å². The predicted octanol–water partition coefficient (Wildman–Crippen LogP) is 10.7. The molecule has 0 bridgehead atoms. The molecule has 0 saturated carbocycles. The molecule has 22 nitrogen and oxygen atoms in total. The summed E-state index contributed by atoms with van der Waals surface area (Å²) >= 11 is 0. The van der Waals surface area contributed by atoms with Crippen LogP contribution in [-0.2, 0) is 43.7 Å². The molecule has 0 radical (unpaired) electrons. The van der Waals surface area contributed by atoms with Crippen LogP contribution in [0.25, 0.3) is 62.2 Å². The second kappa shape index (κ2) is 31.9. The van der Waals surface area contributed by atoms with Gasteiger partial charge < -0.3 is 49.7 Å². The van der Waals surface area contributed by atoms with E-state index in [1.165, 1.54) is 6.20 Å². The van der Waals surface area contributed by atoms with E-state index >= 15 is 0 Å². The first-order valence-electron chi connectivity index (χ1n) is 32.0. The van der Waals surface area contributed by atoms with Crippen molar-refractivity contribution in [2.45, 2.75) is 149 Å². The number of halogens is 1. The summed E-state index contributed by atoms with van der Waals surface area (Å²) in [6.07, 6.45) is 25.1. The maximum Gasteiger partial charge on any atom is 0.222 e. The lowest BCUT2D eigenvalue weighted by Crippen LogP contribution is -2.44. The fourth-order valence-electron chi connectivity index (χ4n) is 11.1. The highest BCUT2D eigenvalue weighted by Crippen LogP contribution is 2.30. The third kappa shape index (κ3) is 19.4. The number of rotatable bonds is 17. The Morgan fingerprint density at radius 3 is 1.49 bits per heavy atom. The minimum Gasteiger partial charge on any atom is -0.365 e. The molecule has 3 aliphatic heterocycles. The van der Waals surface area contributed by atoms with Crippen LogP contribution in [0.1, 0.15) is 70.7 Å². The number of ether oxygens (including phenoxy) is 2. The highest BCUT2D eigenvalue weighted by Gasteiger charge is 2.26. The molecule has 8 aromatic heterocycles. The molecule has 3 saturated heterocycles. The number of nitrogens with zero attached hydrogens (tertiary/aromatic N) is 14. The van der Waals surface area contributed by atoms with Gasteiger partial charge in [-0.2, -0.15) is 4.39 Å². The lowest BCUT2D eigenvalue weighted by atomic mass is 10.0. The molecule has 3 fully saturated rings. The molecule has 4 N–H and O–H groups in total. The summed E-state index contributed by atoms with van der Waals surface area (Å²) < 4.78 is 29.5. The first kappa shape index (κ1) is 68.1. The van der Waals surface area contributed by atoms with E-state index < -0.39 is 22.1 Å². The van der Waals surface area contributed by atoms with E-state index in [1.807, 2.05) is 78.7 Å². The Kier molecular flexibility index (Phi) is 23.6. The number of allylic oxidation sites excluding steroid dienone is 1. The third-order valence-corrected chi connectivity index (χ3v) is 19.8. The van der Waals surface area contributed by atoms with Crippen molar-refractivity contribution in [1.29, 1.82) is 0 Å². The van der Waals surface area contributed by atoms with E-state index in [1.54, 1.807) is 63.9 Å². The van der Waals surface area contributed by atoms with Crippen molar-refractivity contribution in [3.63, 3.8) is 0 Å². The van der Waals surface area contributed by atoms with Gasteiger partial charge in [-0.05, 0) is 105 Å². The molecule has 0 unspecified atom stereocenters. The molecular formula is C67H90FN17O5Si2. The molecule has 8 aromatic rings. The highest BCUT2D eigenvalue weighted by atomic mass is 28.3. The fraction of sp³-hybridized carbons (Fsp3) is 0.463. The summed E-state index contributed by atoms with van der Waals surface area (Å²) in [6.45, 7) is 25.9. The molecule has 488 valence electrons. The topological polar surface area (TPSA) is 255 Å². The van der Waals surface area contributed by atoms with Gasteiger partial charge in [-0.15, -0.1) is 0 Å². The fourth-order valence-corrected chi connectivity index (χ4v) is 12.6. The Morgan fingerprint density at radius 1 is 0.576 bits per heavy atom. The molecular weight excluding hydrogens is 1200 g/mol. The number of amides is 3. The van der Waals surface area contributed by atoms with Gasteiger partial charge in [0, 0.05) is 156 Å². The van der Waals surface area contributed by atoms with Gasteiger partial charge in [0.2, 0.25) is 23.7 Å². The summed E-state index contributed by atoms with van der Waals surface area (Å²) in [5.41, 5.74) is 15.0. The average Bonchev–Trinajstić information content (AvgIpc) is 1.62. The smallest absolute Gasteiger partial charge is 0.222 e. The Balaban J connectivity index is 0.000000153. The van der Waals surface area contributed by atoms with Crippen LogP contribution in [0.4, 0.5) is 16.0 Å². The molecule has 0 aromatic carbocycles. The zero-order valence-electron chi connectivity index (χ0n) is 54.8. The molecule has 11 heterocycles. The first-order valence-corrected chi connectivity index (χ1v) is 39.4. The minimum absolute atomic E-state index is 0.117. The highest BCUT2D eigenvalue weighted by molar-refractivity contribution is 6.76. The first-order chi connectivity index (χ1) is 44.1. The lowest BCUT2D eigenvalue weighted by Gasteiger charge is -2.33.